The summed E-state index contributed by atoms with van der Waals surface area (Å²) in [7, 11) is 1.57. The highest BCUT2D eigenvalue weighted by molar-refractivity contribution is 7.07. The Morgan fingerprint density at radius 2 is 1.77 bits per heavy atom. The fraction of sp³-hybridized carbons (Fsp3) is 0.162. The first-order chi connectivity index (χ1) is 22.9. The molecule has 5 aromatic rings. The zero-order valence-corrected chi connectivity index (χ0v) is 27.6. The van der Waals surface area contributed by atoms with Gasteiger partial charge in [-0.05, 0) is 73.5 Å². The number of fused-ring (bicyclic) bond motifs is 1. The molecular formula is C37H32ClN3O5S. The second kappa shape index (κ2) is 14.1. The largest absolute Gasteiger partial charge is 0.494 e. The summed E-state index contributed by atoms with van der Waals surface area (Å²) in [6, 6.07) is 28.9. The van der Waals surface area contributed by atoms with Gasteiger partial charge in [-0.15, -0.1) is 0 Å². The minimum atomic E-state index is -0.725. The number of nitrogens with zero attached hydrogens (tertiary/aromatic N) is 2. The van der Waals surface area contributed by atoms with E-state index in [1.807, 2.05) is 91.9 Å². The van der Waals surface area contributed by atoms with Crippen LogP contribution in [-0.4, -0.2) is 24.2 Å². The molecule has 0 spiro atoms. The van der Waals surface area contributed by atoms with Crippen LogP contribution >= 0.6 is 22.9 Å². The molecule has 1 amide bonds. The van der Waals surface area contributed by atoms with E-state index in [9.17, 15) is 9.59 Å². The Bertz CT molecular complexity index is 2140. The molecule has 8 nitrogen and oxygen atoms in total. The van der Waals surface area contributed by atoms with Crippen LogP contribution in [0.15, 0.2) is 118 Å². The van der Waals surface area contributed by atoms with E-state index in [1.54, 1.807) is 36.8 Å². The molecule has 1 aliphatic heterocycles. The Labute approximate surface area is 280 Å². The number of carbonyl (C=O) groups excluding carboxylic acids is 1. The third-order valence-corrected chi connectivity index (χ3v) is 8.81. The lowest BCUT2D eigenvalue weighted by Gasteiger charge is -2.25. The van der Waals surface area contributed by atoms with Crippen molar-refractivity contribution < 1.29 is 19.0 Å². The normalized spacial score (nSPS) is 14.3. The summed E-state index contributed by atoms with van der Waals surface area (Å²) >= 11 is 7.43. The van der Waals surface area contributed by atoms with Gasteiger partial charge >= 0.3 is 0 Å². The van der Waals surface area contributed by atoms with Crippen molar-refractivity contribution in [3.63, 3.8) is 0 Å². The molecule has 238 valence electrons. The monoisotopic (exact) mass is 665 g/mol. The lowest BCUT2D eigenvalue weighted by molar-refractivity contribution is -0.113. The lowest BCUT2D eigenvalue weighted by atomic mass is 9.95. The molecule has 0 unspecified atom stereocenters. The number of halogens is 1. The number of hydrogen-bond acceptors (Lipinski definition) is 7. The standard InChI is InChI=1S/C37H32ClN3O5S/c1-4-45-29-18-16-25(17-19-29)33-32(35(42)40-28-13-6-5-7-14-28)23(2)39-37-41(33)36(43)31(47-37)21-26-11-9-15-30(44-3)34(26)46-22-24-10-8-12-27(38)20-24/h5-21,33H,4,22H2,1-3H3,(H,40,42)/b31-21-/t33-/m1/s1. The van der Waals surface area contributed by atoms with Crippen molar-refractivity contribution in [2.75, 3.05) is 19.0 Å². The van der Waals surface area contributed by atoms with E-state index in [1.165, 1.54) is 11.3 Å². The lowest BCUT2D eigenvalue weighted by Crippen LogP contribution is -2.40. The molecule has 0 saturated heterocycles. The van der Waals surface area contributed by atoms with Gasteiger partial charge in [-0.25, -0.2) is 4.99 Å². The number of anilines is 1. The molecule has 6 rings (SSSR count). The predicted molar refractivity (Wildman–Crippen MR) is 185 cm³/mol. The average Bonchev–Trinajstić information content (AvgIpc) is 3.38. The van der Waals surface area contributed by atoms with E-state index in [-0.39, 0.29) is 18.1 Å². The van der Waals surface area contributed by atoms with E-state index in [2.05, 4.69) is 5.32 Å². The van der Waals surface area contributed by atoms with Crippen LogP contribution in [0.3, 0.4) is 0 Å². The molecule has 0 aliphatic carbocycles. The van der Waals surface area contributed by atoms with Crippen LogP contribution in [-0.2, 0) is 11.4 Å². The Kier molecular flexibility index (Phi) is 9.56. The number of thiazole rings is 1. The van der Waals surface area contributed by atoms with Crippen molar-refractivity contribution in [2.45, 2.75) is 26.5 Å². The molecule has 0 bridgehead atoms. The van der Waals surface area contributed by atoms with Gasteiger partial charge in [-0.1, -0.05) is 77.5 Å². The van der Waals surface area contributed by atoms with Crippen molar-refractivity contribution in [3.8, 4) is 17.2 Å². The Morgan fingerprint density at radius 1 is 1.00 bits per heavy atom. The average molecular weight is 666 g/mol. The SMILES string of the molecule is CCOc1ccc([C@@H]2C(C(=O)Nc3ccccc3)=C(C)N=c3s/c(=C\c4cccc(OC)c4OCc4cccc(Cl)c4)c(=O)n32)cc1. The van der Waals surface area contributed by atoms with Crippen molar-refractivity contribution in [2.24, 2.45) is 4.99 Å². The molecule has 4 aromatic carbocycles. The minimum Gasteiger partial charge on any atom is -0.494 e. The van der Waals surface area contributed by atoms with Gasteiger partial charge in [-0.3, -0.25) is 14.2 Å². The maximum absolute atomic E-state index is 14.3. The van der Waals surface area contributed by atoms with Crippen LogP contribution in [0.5, 0.6) is 17.2 Å². The predicted octanol–water partition coefficient (Wildman–Crippen LogP) is 6.51. The van der Waals surface area contributed by atoms with Crippen molar-refractivity contribution in [3.05, 3.63) is 150 Å². The van der Waals surface area contributed by atoms with Crippen LogP contribution < -0.4 is 34.4 Å². The highest BCUT2D eigenvalue weighted by Crippen LogP contribution is 2.34. The second-order valence-electron chi connectivity index (χ2n) is 10.7. The number of nitrogens with one attached hydrogen (secondary N) is 1. The fourth-order valence-corrected chi connectivity index (χ4v) is 6.70. The summed E-state index contributed by atoms with van der Waals surface area (Å²) in [5, 5.41) is 3.59. The molecule has 0 fully saturated rings. The molecular weight excluding hydrogens is 634 g/mol. The first-order valence-electron chi connectivity index (χ1n) is 15.0. The minimum absolute atomic E-state index is 0.250. The van der Waals surface area contributed by atoms with Gasteiger partial charge in [0, 0.05) is 16.3 Å². The molecule has 0 radical (unpaired) electrons. The molecule has 1 aliphatic rings. The number of rotatable bonds is 10. The molecule has 1 N–H and O–H groups in total. The highest BCUT2D eigenvalue weighted by atomic mass is 35.5. The fourth-order valence-electron chi connectivity index (χ4n) is 5.45. The van der Waals surface area contributed by atoms with Gasteiger partial charge in [0.05, 0.1) is 35.6 Å². The first kappa shape index (κ1) is 31.8. The van der Waals surface area contributed by atoms with Crippen molar-refractivity contribution in [1.82, 2.24) is 4.57 Å². The van der Waals surface area contributed by atoms with Gasteiger partial charge in [0.15, 0.2) is 16.3 Å². The van der Waals surface area contributed by atoms with Gasteiger partial charge in [0.25, 0.3) is 11.5 Å². The van der Waals surface area contributed by atoms with E-state index in [0.717, 1.165) is 11.1 Å². The second-order valence-corrected chi connectivity index (χ2v) is 12.1. The number of methoxy groups -OCH3 is 1. The zero-order valence-electron chi connectivity index (χ0n) is 26.0. The van der Waals surface area contributed by atoms with Crippen LogP contribution in [0.25, 0.3) is 6.08 Å². The third kappa shape index (κ3) is 6.86. The van der Waals surface area contributed by atoms with E-state index < -0.39 is 6.04 Å². The van der Waals surface area contributed by atoms with E-state index in [0.29, 0.717) is 60.7 Å². The Hall–Kier alpha value is -5.12. The smallest absolute Gasteiger partial charge is 0.271 e. The molecule has 2 heterocycles. The number of aromatic nitrogens is 1. The van der Waals surface area contributed by atoms with Crippen molar-refractivity contribution >= 4 is 40.6 Å². The van der Waals surface area contributed by atoms with Crippen LogP contribution in [0.1, 0.15) is 36.6 Å². The van der Waals surface area contributed by atoms with Gasteiger partial charge in [0.1, 0.15) is 12.4 Å². The van der Waals surface area contributed by atoms with E-state index >= 15 is 0 Å². The Morgan fingerprint density at radius 3 is 2.49 bits per heavy atom. The molecule has 1 aromatic heterocycles. The maximum Gasteiger partial charge on any atom is 0.271 e. The number of hydrogen-bond donors (Lipinski definition) is 1. The number of amides is 1. The van der Waals surface area contributed by atoms with E-state index in [4.69, 9.17) is 30.8 Å². The topological polar surface area (TPSA) is 91.2 Å². The zero-order chi connectivity index (χ0) is 32.9. The third-order valence-electron chi connectivity index (χ3n) is 7.59. The van der Waals surface area contributed by atoms with Gasteiger partial charge < -0.3 is 19.5 Å². The summed E-state index contributed by atoms with van der Waals surface area (Å²) in [6.45, 7) is 4.48. The van der Waals surface area contributed by atoms with Crippen LogP contribution in [0, 0.1) is 0 Å². The van der Waals surface area contributed by atoms with Crippen LogP contribution in [0.2, 0.25) is 5.02 Å². The molecule has 47 heavy (non-hydrogen) atoms. The van der Waals surface area contributed by atoms with Gasteiger partial charge in [0.2, 0.25) is 0 Å². The number of ether oxygens (including phenoxy) is 3. The van der Waals surface area contributed by atoms with Crippen LogP contribution in [0.4, 0.5) is 5.69 Å². The summed E-state index contributed by atoms with van der Waals surface area (Å²) in [4.78, 5) is 33.4. The number of benzene rings is 4. The Balaban J connectivity index is 1.45. The molecule has 10 heteroatoms. The summed E-state index contributed by atoms with van der Waals surface area (Å²) in [5.41, 5.74) is 3.56. The first-order valence-corrected chi connectivity index (χ1v) is 16.2. The van der Waals surface area contributed by atoms with Crippen molar-refractivity contribution in [1.29, 1.82) is 0 Å². The number of allylic oxidation sites excluding steroid dienone is 1. The highest BCUT2D eigenvalue weighted by Gasteiger charge is 2.32. The summed E-state index contributed by atoms with van der Waals surface area (Å²) in [5.74, 6) is 1.37. The summed E-state index contributed by atoms with van der Waals surface area (Å²) in [6.07, 6.45) is 1.78. The molecule has 0 saturated carbocycles. The molecule has 1 atom stereocenters. The number of carbonyl (C=O) groups is 1. The maximum atomic E-state index is 14.3. The quantitative estimate of drug-likeness (QED) is 0.184. The van der Waals surface area contributed by atoms with Gasteiger partial charge in [-0.2, -0.15) is 0 Å². The summed E-state index contributed by atoms with van der Waals surface area (Å²) < 4.78 is 19.5. The number of para-hydroxylation sites is 2.